The fourth-order valence-corrected chi connectivity index (χ4v) is 1.77. The molecule has 0 radical (unpaired) electrons. The van der Waals surface area contributed by atoms with Crippen molar-refractivity contribution in [1.29, 1.82) is 0 Å². The summed E-state index contributed by atoms with van der Waals surface area (Å²) in [7, 11) is 2.94. The molecule has 0 saturated heterocycles. The Kier molecular flexibility index (Phi) is 5.90. The number of rotatable bonds is 7. The SMILES string of the molecule is COc1ccc(C(=O)C(COC(C)=O)C(C)=O)cc1OC. The normalized spacial score (nSPS) is 11.4. The molecule has 0 heterocycles. The van der Waals surface area contributed by atoms with Crippen LogP contribution in [0, 0.1) is 5.92 Å². The van der Waals surface area contributed by atoms with Crippen LogP contribution in [0.2, 0.25) is 0 Å². The summed E-state index contributed by atoms with van der Waals surface area (Å²) in [5, 5.41) is 0. The molecule has 0 saturated carbocycles. The van der Waals surface area contributed by atoms with E-state index in [9.17, 15) is 14.4 Å². The first kappa shape index (κ1) is 16.7. The first-order valence-electron chi connectivity index (χ1n) is 6.30. The molecule has 1 unspecified atom stereocenters. The molecule has 0 fully saturated rings. The van der Waals surface area contributed by atoms with Crippen molar-refractivity contribution in [1.82, 2.24) is 0 Å². The fraction of sp³-hybridized carbons (Fsp3) is 0.400. The Bertz CT molecular complexity index is 549. The Morgan fingerprint density at radius 1 is 1.05 bits per heavy atom. The van der Waals surface area contributed by atoms with Gasteiger partial charge in [0, 0.05) is 12.5 Å². The van der Waals surface area contributed by atoms with Gasteiger partial charge in [0.05, 0.1) is 14.2 Å². The van der Waals surface area contributed by atoms with Crippen LogP contribution in [0.1, 0.15) is 24.2 Å². The lowest BCUT2D eigenvalue weighted by Gasteiger charge is -2.14. The first-order valence-corrected chi connectivity index (χ1v) is 6.30. The fourth-order valence-electron chi connectivity index (χ4n) is 1.77. The summed E-state index contributed by atoms with van der Waals surface area (Å²) in [6.07, 6.45) is 0. The van der Waals surface area contributed by atoms with Gasteiger partial charge >= 0.3 is 5.97 Å². The van der Waals surface area contributed by atoms with Gasteiger partial charge in [0.15, 0.2) is 17.3 Å². The predicted molar refractivity (Wildman–Crippen MR) is 74.7 cm³/mol. The Balaban J connectivity index is 3.03. The summed E-state index contributed by atoms with van der Waals surface area (Å²) in [6.45, 7) is 2.24. The van der Waals surface area contributed by atoms with Crippen molar-refractivity contribution in [2.45, 2.75) is 13.8 Å². The van der Waals surface area contributed by atoms with Crippen LogP contribution in [0.4, 0.5) is 0 Å². The molecular formula is C15H18O6. The number of Topliss-reactive ketones (excluding diaryl/α,β-unsaturated/α-hetero) is 2. The average molecular weight is 294 g/mol. The van der Waals surface area contributed by atoms with Crippen molar-refractivity contribution in [3.8, 4) is 11.5 Å². The third kappa shape index (κ3) is 4.30. The average Bonchev–Trinajstić information content (AvgIpc) is 2.45. The van der Waals surface area contributed by atoms with Crippen LogP contribution < -0.4 is 9.47 Å². The van der Waals surface area contributed by atoms with Gasteiger partial charge < -0.3 is 14.2 Å². The molecule has 21 heavy (non-hydrogen) atoms. The Morgan fingerprint density at radius 3 is 2.14 bits per heavy atom. The second-order valence-corrected chi connectivity index (χ2v) is 4.40. The zero-order chi connectivity index (χ0) is 16.0. The van der Waals surface area contributed by atoms with E-state index in [1.54, 1.807) is 6.07 Å². The minimum Gasteiger partial charge on any atom is -0.493 e. The number of carbonyl (C=O) groups excluding carboxylic acids is 3. The summed E-state index contributed by atoms with van der Waals surface area (Å²) < 4.78 is 15.0. The van der Waals surface area contributed by atoms with E-state index in [1.165, 1.54) is 40.2 Å². The molecule has 0 N–H and O–H groups in total. The van der Waals surface area contributed by atoms with Crippen LogP contribution in [-0.2, 0) is 14.3 Å². The number of benzene rings is 1. The number of ether oxygens (including phenoxy) is 3. The van der Waals surface area contributed by atoms with Gasteiger partial charge in [-0.1, -0.05) is 0 Å². The third-order valence-electron chi connectivity index (χ3n) is 2.93. The molecule has 0 aromatic heterocycles. The second-order valence-electron chi connectivity index (χ2n) is 4.40. The minimum absolute atomic E-state index is 0.266. The number of hydrogen-bond acceptors (Lipinski definition) is 6. The van der Waals surface area contributed by atoms with E-state index >= 15 is 0 Å². The standard InChI is InChI=1S/C15H18O6/c1-9(16)12(8-21-10(2)17)15(18)11-5-6-13(19-3)14(7-11)20-4/h5-7,12H,8H2,1-4H3. The van der Waals surface area contributed by atoms with Crippen LogP contribution >= 0.6 is 0 Å². The van der Waals surface area contributed by atoms with E-state index in [0.717, 1.165) is 0 Å². The zero-order valence-electron chi connectivity index (χ0n) is 12.5. The quantitative estimate of drug-likeness (QED) is 0.432. The number of esters is 1. The highest BCUT2D eigenvalue weighted by molar-refractivity contribution is 6.10. The number of hydrogen-bond donors (Lipinski definition) is 0. The highest BCUT2D eigenvalue weighted by Crippen LogP contribution is 2.28. The van der Waals surface area contributed by atoms with Gasteiger partial charge in [0.2, 0.25) is 0 Å². The van der Waals surface area contributed by atoms with Crippen LogP contribution in [-0.4, -0.2) is 38.4 Å². The molecule has 0 aliphatic heterocycles. The highest BCUT2D eigenvalue weighted by atomic mass is 16.5. The van der Waals surface area contributed by atoms with Gasteiger partial charge in [-0.05, 0) is 25.1 Å². The largest absolute Gasteiger partial charge is 0.493 e. The van der Waals surface area contributed by atoms with E-state index in [0.29, 0.717) is 17.1 Å². The molecule has 0 aliphatic carbocycles. The topological polar surface area (TPSA) is 78.9 Å². The Hall–Kier alpha value is -2.37. The maximum atomic E-state index is 12.4. The first-order chi connectivity index (χ1) is 9.90. The van der Waals surface area contributed by atoms with Crippen molar-refractivity contribution in [2.75, 3.05) is 20.8 Å². The number of ketones is 2. The lowest BCUT2D eigenvalue weighted by molar-refractivity contribution is -0.142. The van der Waals surface area contributed by atoms with Gasteiger partial charge in [-0.2, -0.15) is 0 Å². The van der Waals surface area contributed by atoms with Crippen LogP contribution in [0.5, 0.6) is 11.5 Å². The molecule has 1 rings (SSSR count). The predicted octanol–water partition coefficient (Wildman–Crippen LogP) is 1.65. The molecule has 6 heteroatoms. The Labute approximate surface area is 123 Å². The van der Waals surface area contributed by atoms with E-state index < -0.39 is 17.7 Å². The zero-order valence-corrected chi connectivity index (χ0v) is 12.5. The Morgan fingerprint density at radius 2 is 1.67 bits per heavy atom. The molecule has 1 aromatic rings. The summed E-state index contributed by atoms with van der Waals surface area (Å²) in [5.41, 5.74) is 0.292. The molecule has 1 aromatic carbocycles. The van der Waals surface area contributed by atoms with Crippen molar-refractivity contribution >= 4 is 17.5 Å². The second kappa shape index (κ2) is 7.42. The van der Waals surface area contributed by atoms with Gasteiger partial charge in [-0.3, -0.25) is 14.4 Å². The lowest BCUT2D eigenvalue weighted by Crippen LogP contribution is -2.28. The third-order valence-corrected chi connectivity index (χ3v) is 2.93. The monoisotopic (exact) mass is 294 g/mol. The molecule has 1 atom stereocenters. The summed E-state index contributed by atoms with van der Waals surface area (Å²) in [4.78, 5) is 34.8. The molecule has 0 aliphatic rings. The van der Waals surface area contributed by atoms with Crippen LogP contribution in [0.15, 0.2) is 18.2 Å². The number of methoxy groups -OCH3 is 2. The van der Waals surface area contributed by atoms with Crippen molar-refractivity contribution in [3.05, 3.63) is 23.8 Å². The van der Waals surface area contributed by atoms with E-state index in [4.69, 9.17) is 14.2 Å². The molecule has 0 amide bonds. The molecule has 0 spiro atoms. The summed E-state index contributed by atoms with van der Waals surface area (Å²) in [6, 6.07) is 4.60. The van der Waals surface area contributed by atoms with Crippen molar-refractivity contribution in [3.63, 3.8) is 0 Å². The molecular weight excluding hydrogens is 276 g/mol. The highest BCUT2D eigenvalue weighted by Gasteiger charge is 2.26. The van der Waals surface area contributed by atoms with Crippen molar-refractivity contribution in [2.24, 2.45) is 5.92 Å². The molecule has 0 bridgehead atoms. The van der Waals surface area contributed by atoms with Crippen molar-refractivity contribution < 1.29 is 28.6 Å². The lowest BCUT2D eigenvalue weighted by atomic mass is 9.95. The maximum absolute atomic E-state index is 12.4. The van der Waals surface area contributed by atoms with Gasteiger partial charge in [-0.15, -0.1) is 0 Å². The van der Waals surface area contributed by atoms with Gasteiger partial charge in [0.25, 0.3) is 0 Å². The van der Waals surface area contributed by atoms with E-state index in [1.807, 2.05) is 0 Å². The number of carbonyl (C=O) groups is 3. The smallest absolute Gasteiger partial charge is 0.302 e. The van der Waals surface area contributed by atoms with Crippen LogP contribution in [0.25, 0.3) is 0 Å². The summed E-state index contributed by atoms with van der Waals surface area (Å²) in [5.74, 6) is -1.49. The molecule has 114 valence electrons. The summed E-state index contributed by atoms with van der Waals surface area (Å²) >= 11 is 0. The van der Waals surface area contributed by atoms with E-state index in [2.05, 4.69) is 0 Å². The van der Waals surface area contributed by atoms with E-state index in [-0.39, 0.29) is 12.4 Å². The van der Waals surface area contributed by atoms with Crippen LogP contribution in [0.3, 0.4) is 0 Å². The maximum Gasteiger partial charge on any atom is 0.302 e. The minimum atomic E-state index is -1.02. The molecule has 6 nitrogen and oxygen atoms in total. The van der Waals surface area contributed by atoms with Gasteiger partial charge in [0.1, 0.15) is 18.3 Å². The van der Waals surface area contributed by atoms with Gasteiger partial charge in [-0.25, -0.2) is 0 Å².